The first-order valence-corrected chi connectivity index (χ1v) is 8.33. The topological polar surface area (TPSA) is 81.1 Å². The Balaban J connectivity index is 1.89. The molecular formula is C19H21N5O2. The van der Waals surface area contributed by atoms with Crippen LogP contribution in [0.1, 0.15) is 22.8 Å². The van der Waals surface area contributed by atoms with Crippen molar-refractivity contribution in [1.29, 1.82) is 0 Å². The number of amides is 1. The SMILES string of the molecule is CCNC(=O)c1cc(Nc2ncn(-c3ccccc3)n2)c(C)cc1OC. The van der Waals surface area contributed by atoms with E-state index < -0.39 is 0 Å². The van der Waals surface area contributed by atoms with Crippen LogP contribution >= 0.6 is 0 Å². The Hall–Kier alpha value is -3.35. The molecule has 134 valence electrons. The summed E-state index contributed by atoms with van der Waals surface area (Å²) >= 11 is 0. The number of rotatable bonds is 6. The van der Waals surface area contributed by atoms with Crippen LogP contribution in [0.25, 0.3) is 5.69 Å². The minimum Gasteiger partial charge on any atom is -0.496 e. The van der Waals surface area contributed by atoms with E-state index in [4.69, 9.17) is 4.74 Å². The molecule has 26 heavy (non-hydrogen) atoms. The molecule has 0 radical (unpaired) electrons. The normalized spacial score (nSPS) is 10.4. The zero-order valence-corrected chi connectivity index (χ0v) is 15.0. The van der Waals surface area contributed by atoms with Crippen LogP contribution in [0.15, 0.2) is 48.8 Å². The van der Waals surface area contributed by atoms with Crippen LogP contribution < -0.4 is 15.4 Å². The van der Waals surface area contributed by atoms with E-state index in [0.29, 0.717) is 23.8 Å². The molecule has 0 atom stereocenters. The number of hydrogen-bond acceptors (Lipinski definition) is 5. The molecule has 0 saturated carbocycles. The Morgan fingerprint density at radius 1 is 1.23 bits per heavy atom. The zero-order valence-electron chi connectivity index (χ0n) is 15.0. The van der Waals surface area contributed by atoms with Crippen molar-refractivity contribution in [3.8, 4) is 11.4 Å². The third-order valence-corrected chi connectivity index (χ3v) is 3.89. The fraction of sp³-hybridized carbons (Fsp3) is 0.211. The summed E-state index contributed by atoms with van der Waals surface area (Å²) in [5.41, 5.74) is 3.05. The first kappa shape index (κ1) is 17.5. The number of benzene rings is 2. The van der Waals surface area contributed by atoms with E-state index in [1.54, 1.807) is 24.2 Å². The van der Waals surface area contributed by atoms with Crippen LogP contribution in [0.3, 0.4) is 0 Å². The number of hydrogen-bond donors (Lipinski definition) is 2. The predicted molar refractivity (Wildman–Crippen MR) is 100 cm³/mol. The second-order valence-corrected chi connectivity index (χ2v) is 5.70. The van der Waals surface area contributed by atoms with Gasteiger partial charge in [0.1, 0.15) is 12.1 Å². The van der Waals surface area contributed by atoms with E-state index in [1.807, 2.05) is 50.2 Å². The van der Waals surface area contributed by atoms with E-state index in [-0.39, 0.29) is 5.91 Å². The molecule has 1 aromatic heterocycles. The van der Waals surface area contributed by atoms with Gasteiger partial charge >= 0.3 is 0 Å². The Morgan fingerprint density at radius 3 is 2.69 bits per heavy atom. The lowest BCUT2D eigenvalue weighted by Gasteiger charge is -2.13. The molecule has 1 amide bonds. The van der Waals surface area contributed by atoms with Gasteiger partial charge in [0.25, 0.3) is 5.91 Å². The molecule has 3 aromatic rings. The molecule has 2 N–H and O–H groups in total. The third-order valence-electron chi connectivity index (χ3n) is 3.89. The summed E-state index contributed by atoms with van der Waals surface area (Å²) in [4.78, 5) is 16.6. The Bertz CT molecular complexity index is 906. The highest BCUT2D eigenvalue weighted by Gasteiger charge is 2.15. The number of aryl methyl sites for hydroxylation is 1. The highest BCUT2D eigenvalue weighted by atomic mass is 16.5. The first-order valence-electron chi connectivity index (χ1n) is 8.33. The number of ether oxygens (including phenoxy) is 1. The van der Waals surface area contributed by atoms with Gasteiger partial charge in [-0.05, 0) is 43.7 Å². The van der Waals surface area contributed by atoms with Crippen LogP contribution in [0, 0.1) is 6.92 Å². The van der Waals surface area contributed by atoms with Crippen molar-refractivity contribution in [2.45, 2.75) is 13.8 Å². The van der Waals surface area contributed by atoms with Crippen LogP contribution in [0.5, 0.6) is 5.75 Å². The maximum Gasteiger partial charge on any atom is 0.255 e. The zero-order chi connectivity index (χ0) is 18.5. The number of aromatic nitrogens is 3. The highest BCUT2D eigenvalue weighted by Crippen LogP contribution is 2.28. The molecule has 0 fully saturated rings. The summed E-state index contributed by atoms with van der Waals surface area (Å²) in [5.74, 6) is 0.793. The predicted octanol–water partition coefficient (Wildman–Crippen LogP) is 3.08. The highest BCUT2D eigenvalue weighted by molar-refractivity contribution is 5.98. The quantitative estimate of drug-likeness (QED) is 0.713. The smallest absolute Gasteiger partial charge is 0.255 e. The maximum atomic E-state index is 12.3. The van der Waals surface area contributed by atoms with Crippen molar-refractivity contribution in [3.05, 3.63) is 59.9 Å². The van der Waals surface area contributed by atoms with Crippen LogP contribution in [0.4, 0.5) is 11.6 Å². The lowest BCUT2D eigenvalue weighted by atomic mass is 10.1. The van der Waals surface area contributed by atoms with Crippen molar-refractivity contribution < 1.29 is 9.53 Å². The first-order chi connectivity index (χ1) is 12.6. The van der Waals surface area contributed by atoms with Crippen LogP contribution in [-0.2, 0) is 0 Å². The minimum absolute atomic E-state index is 0.185. The van der Waals surface area contributed by atoms with Crippen LogP contribution in [-0.4, -0.2) is 34.3 Å². The number of carbonyl (C=O) groups is 1. The monoisotopic (exact) mass is 351 g/mol. The molecule has 3 rings (SSSR count). The molecule has 7 nitrogen and oxygen atoms in total. The van der Waals surface area contributed by atoms with Crippen molar-refractivity contribution in [2.75, 3.05) is 19.0 Å². The summed E-state index contributed by atoms with van der Waals surface area (Å²) in [7, 11) is 1.55. The molecule has 0 spiro atoms. The Morgan fingerprint density at radius 2 is 2.00 bits per heavy atom. The van der Waals surface area contributed by atoms with Crippen molar-refractivity contribution in [3.63, 3.8) is 0 Å². The number of para-hydroxylation sites is 1. The summed E-state index contributed by atoms with van der Waals surface area (Å²) in [6.07, 6.45) is 1.64. The summed E-state index contributed by atoms with van der Waals surface area (Å²) in [6, 6.07) is 13.3. The van der Waals surface area contributed by atoms with Gasteiger partial charge in [0.2, 0.25) is 5.95 Å². The molecular weight excluding hydrogens is 330 g/mol. The Labute approximate surface area is 152 Å². The lowest BCUT2D eigenvalue weighted by Crippen LogP contribution is -2.23. The van der Waals surface area contributed by atoms with E-state index in [1.165, 1.54) is 0 Å². The molecule has 0 aliphatic heterocycles. The second kappa shape index (κ2) is 7.69. The van der Waals surface area contributed by atoms with Crippen molar-refractivity contribution >= 4 is 17.5 Å². The standard InChI is InChI=1S/C19H21N5O2/c1-4-20-18(25)15-11-16(13(2)10-17(15)26-3)22-19-21-12-24(23-19)14-8-6-5-7-9-14/h5-12H,4H2,1-3H3,(H,20,25)(H,22,23). The number of methoxy groups -OCH3 is 1. The summed E-state index contributed by atoms with van der Waals surface area (Å²) in [6.45, 7) is 4.35. The largest absolute Gasteiger partial charge is 0.496 e. The van der Waals surface area contributed by atoms with Crippen LogP contribution in [0.2, 0.25) is 0 Å². The summed E-state index contributed by atoms with van der Waals surface area (Å²) < 4.78 is 7.02. The van der Waals surface area contributed by atoms with Gasteiger partial charge in [0.15, 0.2) is 0 Å². The van der Waals surface area contributed by atoms with E-state index in [0.717, 1.165) is 16.9 Å². The van der Waals surface area contributed by atoms with Gasteiger partial charge in [-0.3, -0.25) is 4.79 Å². The minimum atomic E-state index is -0.185. The number of nitrogens with zero attached hydrogens (tertiary/aromatic N) is 3. The van der Waals surface area contributed by atoms with Gasteiger partial charge < -0.3 is 15.4 Å². The number of anilines is 2. The number of nitrogens with one attached hydrogen (secondary N) is 2. The third kappa shape index (κ3) is 3.66. The molecule has 0 bridgehead atoms. The molecule has 0 aliphatic carbocycles. The molecule has 1 heterocycles. The summed E-state index contributed by atoms with van der Waals surface area (Å²) in [5, 5.41) is 10.4. The van der Waals surface area contributed by atoms with Crippen molar-refractivity contribution in [2.24, 2.45) is 0 Å². The van der Waals surface area contributed by atoms with E-state index in [2.05, 4.69) is 20.7 Å². The second-order valence-electron chi connectivity index (χ2n) is 5.70. The van der Waals surface area contributed by atoms with E-state index in [9.17, 15) is 4.79 Å². The maximum absolute atomic E-state index is 12.3. The van der Waals surface area contributed by atoms with Gasteiger partial charge in [-0.1, -0.05) is 18.2 Å². The fourth-order valence-electron chi connectivity index (χ4n) is 2.56. The van der Waals surface area contributed by atoms with Gasteiger partial charge in [0.05, 0.1) is 18.4 Å². The molecule has 2 aromatic carbocycles. The van der Waals surface area contributed by atoms with Gasteiger partial charge in [0, 0.05) is 12.2 Å². The van der Waals surface area contributed by atoms with Crippen molar-refractivity contribution in [1.82, 2.24) is 20.1 Å². The fourth-order valence-corrected chi connectivity index (χ4v) is 2.56. The molecule has 0 saturated heterocycles. The van der Waals surface area contributed by atoms with E-state index >= 15 is 0 Å². The lowest BCUT2D eigenvalue weighted by molar-refractivity contribution is 0.0953. The van der Waals surface area contributed by atoms with Gasteiger partial charge in [-0.2, -0.15) is 4.98 Å². The average molecular weight is 351 g/mol. The molecule has 0 aliphatic rings. The Kier molecular flexibility index (Phi) is 5.17. The average Bonchev–Trinajstić information content (AvgIpc) is 3.12. The number of carbonyl (C=O) groups excluding carboxylic acids is 1. The molecule has 7 heteroatoms. The molecule has 0 unspecified atom stereocenters. The van der Waals surface area contributed by atoms with Gasteiger partial charge in [-0.25, -0.2) is 4.68 Å². The van der Waals surface area contributed by atoms with Gasteiger partial charge in [-0.15, -0.1) is 5.10 Å².